The fraction of sp³-hybridized carbons (Fsp3) is 0.538. The van der Waals surface area contributed by atoms with Crippen LogP contribution in [-0.2, 0) is 12.4 Å². The Kier molecular flexibility index (Phi) is 5.29. The SMILES string of the molecule is COc1cc(C(F)(F)F)cc(C(F)(F)F)c1[C@@H](N)C1CC1.Cl. The average Bonchev–Trinajstić information content (AvgIpc) is 3.18. The fourth-order valence-electron chi connectivity index (χ4n) is 2.23. The predicted octanol–water partition coefficient (Wildman–Crippen LogP) is 4.56. The van der Waals surface area contributed by atoms with Gasteiger partial charge in [-0.1, -0.05) is 0 Å². The van der Waals surface area contributed by atoms with E-state index < -0.39 is 40.8 Å². The van der Waals surface area contributed by atoms with E-state index in [1.54, 1.807) is 0 Å². The van der Waals surface area contributed by atoms with Crippen LogP contribution in [0.5, 0.6) is 5.75 Å². The second-order valence-electron chi connectivity index (χ2n) is 5.00. The van der Waals surface area contributed by atoms with Crippen LogP contribution in [0.2, 0.25) is 0 Å². The van der Waals surface area contributed by atoms with E-state index in [2.05, 4.69) is 0 Å². The van der Waals surface area contributed by atoms with E-state index in [-0.39, 0.29) is 24.4 Å². The Labute approximate surface area is 129 Å². The molecular weight excluding hydrogens is 336 g/mol. The van der Waals surface area contributed by atoms with Gasteiger partial charge >= 0.3 is 12.4 Å². The number of alkyl halides is 6. The van der Waals surface area contributed by atoms with Crippen molar-refractivity contribution in [3.63, 3.8) is 0 Å². The molecule has 0 radical (unpaired) electrons. The Morgan fingerprint density at radius 3 is 2.00 bits per heavy atom. The Hall–Kier alpha value is -1.15. The zero-order valence-electron chi connectivity index (χ0n) is 11.4. The summed E-state index contributed by atoms with van der Waals surface area (Å²) in [6, 6.07) is -0.328. The molecule has 0 saturated heterocycles. The molecule has 9 heteroatoms. The largest absolute Gasteiger partial charge is 0.496 e. The van der Waals surface area contributed by atoms with Gasteiger partial charge in [0, 0.05) is 11.6 Å². The highest BCUT2D eigenvalue weighted by Gasteiger charge is 2.43. The predicted molar refractivity (Wildman–Crippen MR) is 69.9 cm³/mol. The van der Waals surface area contributed by atoms with Gasteiger partial charge in [0.2, 0.25) is 0 Å². The molecule has 2 rings (SSSR count). The van der Waals surface area contributed by atoms with Crippen molar-refractivity contribution >= 4 is 12.4 Å². The summed E-state index contributed by atoms with van der Waals surface area (Å²) in [6.45, 7) is 0. The maximum Gasteiger partial charge on any atom is 0.416 e. The van der Waals surface area contributed by atoms with E-state index in [1.165, 1.54) is 0 Å². The van der Waals surface area contributed by atoms with Gasteiger partial charge in [-0.05, 0) is 30.9 Å². The third-order valence-corrected chi connectivity index (χ3v) is 3.46. The van der Waals surface area contributed by atoms with E-state index in [0.29, 0.717) is 18.9 Å². The van der Waals surface area contributed by atoms with Gasteiger partial charge in [0.25, 0.3) is 0 Å². The van der Waals surface area contributed by atoms with E-state index in [4.69, 9.17) is 10.5 Å². The van der Waals surface area contributed by atoms with Crippen LogP contribution in [0, 0.1) is 5.92 Å². The molecule has 0 amide bonds. The van der Waals surface area contributed by atoms with Crippen LogP contribution in [0.4, 0.5) is 26.3 Å². The number of benzene rings is 1. The molecule has 126 valence electrons. The van der Waals surface area contributed by atoms with Gasteiger partial charge in [-0.3, -0.25) is 0 Å². The fourth-order valence-corrected chi connectivity index (χ4v) is 2.23. The van der Waals surface area contributed by atoms with E-state index in [0.717, 1.165) is 7.11 Å². The van der Waals surface area contributed by atoms with Crippen LogP contribution in [0.1, 0.15) is 35.6 Å². The maximum absolute atomic E-state index is 13.1. The third-order valence-electron chi connectivity index (χ3n) is 3.46. The highest BCUT2D eigenvalue weighted by molar-refractivity contribution is 5.85. The van der Waals surface area contributed by atoms with Crippen LogP contribution in [0.15, 0.2) is 12.1 Å². The number of rotatable bonds is 3. The van der Waals surface area contributed by atoms with Crippen molar-refractivity contribution in [1.82, 2.24) is 0 Å². The molecule has 1 aromatic carbocycles. The van der Waals surface area contributed by atoms with Crippen molar-refractivity contribution in [1.29, 1.82) is 0 Å². The lowest BCUT2D eigenvalue weighted by atomic mass is 9.93. The number of hydrogen-bond acceptors (Lipinski definition) is 2. The molecule has 0 aromatic heterocycles. The normalized spacial score (nSPS) is 16.9. The van der Waals surface area contributed by atoms with Gasteiger partial charge in [0.05, 0.1) is 18.2 Å². The van der Waals surface area contributed by atoms with Gasteiger partial charge in [-0.2, -0.15) is 26.3 Å². The Bertz CT molecular complexity index is 539. The van der Waals surface area contributed by atoms with Gasteiger partial charge in [-0.25, -0.2) is 0 Å². The summed E-state index contributed by atoms with van der Waals surface area (Å²) in [5.41, 5.74) is 2.58. The third kappa shape index (κ3) is 3.78. The number of methoxy groups -OCH3 is 1. The zero-order valence-corrected chi connectivity index (χ0v) is 12.2. The lowest BCUT2D eigenvalue weighted by molar-refractivity contribution is -0.143. The lowest BCUT2D eigenvalue weighted by Gasteiger charge is -2.23. The van der Waals surface area contributed by atoms with Crippen molar-refractivity contribution in [2.24, 2.45) is 11.7 Å². The topological polar surface area (TPSA) is 35.2 Å². The van der Waals surface area contributed by atoms with Crippen molar-refractivity contribution in [3.05, 3.63) is 28.8 Å². The van der Waals surface area contributed by atoms with Gasteiger partial charge in [-0.15, -0.1) is 12.4 Å². The quantitative estimate of drug-likeness (QED) is 0.812. The maximum atomic E-state index is 13.1. The molecule has 0 spiro atoms. The second kappa shape index (κ2) is 6.16. The molecule has 22 heavy (non-hydrogen) atoms. The smallest absolute Gasteiger partial charge is 0.416 e. The van der Waals surface area contributed by atoms with Crippen molar-refractivity contribution < 1.29 is 31.1 Å². The molecule has 1 atom stereocenters. The summed E-state index contributed by atoms with van der Waals surface area (Å²) >= 11 is 0. The van der Waals surface area contributed by atoms with Crippen LogP contribution < -0.4 is 10.5 Å². The summed E-state index contributed by atoms with van der Waals surface area (Å²) in [5, 5.41) is 0. The lowest BCUT2D eigenvalue weighted by Crippen LogP contribution is -2.21. The molecule has 2 nitrogen and oxygen atoms in total. The molecule has 1 saturated carbocycles. The molecule has 1 aliphatic rings. The highest BCUT2D eigenvalue weighted by atomic mass is 35.5. The average molecular weight is 350 g/mol. The summed E-state index contributed by atoms with van der Waals surface area (Å²) in [5.74, 6) is -0.631. The molecule has 1 aliphatic carbocycles. The Morgan fingerprint density at radius 2 is 1.64 bits per heavy atom. The first-order valence-corrected chi connectivity index (χ1v) is 6.17. The first kappa shape index (κ1) is 18.9. The first-order chi connectivity index (χ1) is 9.55. The van der Waals surface area contributed by atoms with E-state index in [9.17, 15) is 26.3 Å². The molecule has 0 unspecified atom stereocenters. The van der Waals surface area contributed by atoms with Gasteiger partial charge in [0.15, 0.2) is 0 Å². The standard InChI is InChI=1S/C13H13F6NO.ClH/c1-21-9-5-7(12(14,15)16)4-8(13(17,18)19)10(9)11(20)6-2-3-6;/h4-6,11H,2-3,20H2,1H3;1H/t11-;/m0./s1. The van der Waals surface area contributed by atoms with Crippen LogP contribution >= 0.6 is 12.4 Å². The summed E-state index contributed by atoms with van der Waals surface area (Å²) in [6.07, 6.45) is -8.52. The van der Waals surface area contributed by atoms with Crippen LogP contribution in [-0.4, -0.2) is 7.11 Å². The molecule has 0 heterocycles. The van der Waals surface area contributed by atoms with Crippen molar-refractivity contribution in [2.45, 2.75) is 31.2 Å². The zero-order chi connectivity index (χ0) is 16.0. The number of ether oxygens (including phenoxy) is 1. The summed E-state index contributed by atoms with van der Waals surface area (Å²) in [7, 11) is 1.03. The molecule has 1 fully saturated rings. The second-order valence-corrected chi connectivity index (χ2v) is 5.00. The number of halogens is 7. The molecule has 0 aliphatic heterocycles. The molecular formula is C13H14ClF6NO. The van der Waals surface area contributed by atoms with Crippen molar-refractivity contribution in [3.8, 4) is 5.75 Å². The van der Waals surface area contributed by atoms with E-state index >= 15 is 0 Å². The number of hydrogen-bond donors (Lipinski definition) is 1. The van der Waals surface area contributed by atoms with E-state index in [1.807, 2.05) is 0 Å². The minimum atomic E-state index is -4.93. The van der Waals surface area contributed by atoms with Gasteiger partial charge in [0.1, 0.15) is 5.75 Å². The van der Waals surface area contributed by atoms with Crippen LogP contribution in [0.25, 0.3) is 0 Å². The first-order valence-electron chi connectivity index (χ1n) is 6.17. The Balaban J connectivity index is 0.00000242. The Morgan fingerprint density at radius 1 is 1.09 bits per heavy atom. The molecule has 2 N–H and O–H groups in total. The minimum Gasteiger partial charge on any atom is -0.496 e. The molecule has 0 bridgehead atoms. The molecule has 1 aromatic rings. The summed E-state index contributed by atoms with van der Waals surface area (Å²) < 4.78 is 82.2. The minimum absolute atomic E-state index is 0. The van der Waals surface area contributed by atoms with Crippen LogP contribution in [0.3, 0.4) is 0 Å². The summed E-state index contributed by atoms with van der Waals surface area (Å²) in [4.78, 5) is 0. The highest BCUT2D eigenvalue weighted by Crippen LogP contribution is 2.48. The van der Waals surface area contributed by atoms with Crippen molar-refractivity contribution in [2.75, 3.05) is 7.11 Å². The number of nitrogens with two attached hydrogens (primary N) is 1. The monoisotopic (exact) mass is 349 g/mol. The van der Waals surface area contributed by atoms with Gasteiger partial charge < -0.3 is 10.5 Å².